The molecule has 0 aromatic heterocycles. The Bertz CT molecular complexity index is 471. The molecule has 0 radical (unpaired) electrons. The number of rotatable bonds is 7. The van der Waals surface area contributed by atoms with E-state index in [0.29, 0.717) is 38.9 Å². The van der Waals surface area contributed by atoms with E-state index in [1.165, 1.54) is 0 Å². The van der Waals surface area contributed by atoms with Crippen molar-refractivity contribution in [3.05, 3.63) is 29.8 Å². The second kappa shape index (κ2) is 10.6. The zero-order valence-electron chi connectivity index (χ0n) is 12.8. The fourth-order valence-electron chi connectivity index (χ4n) is 2.19. The number of methoxy groups -OCH3 is 1. The van der Waals surface area contributed by atoms with Gasteiger partial charge in [0.1, 0.15) is 5.75 Å². The number of ether oxygens (including phenoxy) is 3. The summed E-state index contributed by atoms with van der Waals surface area (Å²) in [4.78, 5) is 4.27. The smallest absolute Gasteiger partial charge is 0.189 e. The number of hydrogen-bond acceptors (Lipinski definition) is 4. The maximum absolute atomic E-state index is 5.92. The lowest BCUT2D eigenvalue weighted by molar-refractivity contribution is 0.0748. The molecule has 1 atom stereocenters. The van der Waals surface area contributed by atoms with Gasteiger partial charge in [0.15, 0.2) is 5.96 Å². The van der Waals surface area contributed by atoms with Crippen LogP contribution in [0.25, 0.3) is 0 Å². The molecule has 3 N–H and O–H groups in total. The first kappa shape index (κ1) is 19.0. The largest absolute Gasteiger partial charge is 0.493 e. The van der Waals surface area contributed by atoms with Gasteiger partial charge in [-0.3, -0.25) is 4.99 Å². The third-order valence-electron chi connectivity index (χ3n) is 3.23. The highest BCUT2D eigenvalue weighted by Gasteiger charge is 2.20. The molecule has 0 fully saturated rings. The van der Waals surface area contributed by atoms with E-state index in [2.05, 4.69) is 10.3 Å². The maximum atomic E-state index is 5.92. The first-order valence-corrected chi connectivity index (χ1v) is 7.16. The van der Waals surface area contributed by atoms with E-state index in [9.17, 15) is 0 Å². The van der Waals surface area contributed by atoms with Crippen molar-refractivity contribution in [1.29, 1.82) is 0 Å². The average Bonchev–Trinajstić information content (AvgIpc) is 2.51. The van der Waals surface area contributed by atoms with Crippen molar-refractivity contribution in [2.45, 2.75) is 12.5 Å². The molecule has 1 unspecified atom stereocenters. The summed E-state index contributed by atoms with van der Waals surface area (Å²) in [5.41, 5.74) is 7.04. The number of halogens is 1. The van der Waals surface area contributed by atoms with Crippen molar-refractivity contribution in [3.63, 3.8) is 0 Å². The van der Waals surface area contributed by atoms with Gasteiger partial charge in [0, 0.05) is 19.1 Å². The number of hydrogen-bond donors (Lipinski definition) is 2. The van der Waals surface area contributed by atoms with Gasteiger partial charge in [-0.1, -0.05) is 18.2 Å². The predicted molar refractivity (Wildman–Crippen MR) is 97.0 cm³/mol. The second-order valence-corrected chi connectivity index (χ2v) is 4.74. The van der Waals surface area contributed by atoms with Crippen LogP contribution in [0.3, 0.4) is 0 Å². The van der Waals surface area contributed by atoms with Gasteiger partial charge in [-0.25, -0.2) is 0 Å². The Labute approximate surface area is 148 Å². The first-order valence-electron chi connectivity index (χ1n) is 7.16. The summed E-state index contributed by atoms with van der Waals surface area (Å²) < 4.78 is 15.8. The predicted octanol–water partition coefficient (Wildman–Crippen LogP) is 1.70. The number of guanidine groups is 1. The quantitative estimate of drug-likeness (QED) is 0.303. The van der Waals surface area contributed by atoms with Crippen LogP contribution in [0.2, 0.25) is 0 Å². The maximum Gasteiger partial charge on any atom is 0.189 e. The molecule has 7 heteroatoms. The molecule has 2 rings (SSSR count). The van der Waals surface area contributed by atoms with Crippen LogP contribution in [0.4, 0.5) is 0 Å². The van der Waals surface area contributed by atoms with Crippen molar-refractivity contribution in [2.75, 3.05) is 40.1 Å². The summed E-state index contributed by atoms with van der Waals surface area (Å²) in [6.45, 7) is 2.93. The van der Waals surface area contributed by atoms with Gasteiger partial charge >= 0.3 is 0 Å². The highest BCUT2D eigenvalue weighted by Crippen LogP contribution is 2.31. The van der Waals surface area contributed by atoms with Crippen LogP contribution in [-0.2, 0) is 9.47 Å². The Balaban J connectivity index is 0.00000242. The van der Waals surface area contributed by atoms with Gasteiger partial charge in [-0.15, -0.1) is 24.0 Å². The van der Waals surface area contributed by atoms with Crippen LogP contribution in [0, 0.1) is 0 Å². The summed E-state index contributed by atoms with van der Waals surface area (Å²) in [7, 11) is 1.65. The fourth-order valence-corrected chi connectivity index (χ4v) is 2.19. The van der Waals surface area contributed by atoms with Crippen molar-refractivity contribution < 1.29 is 14.2 Å². The average molecular weight is 421 g/mol. The van der Waals surface area contributed by atoms with Crippen LogP contribution in [0.5, 0.6) is 5.75 Å². The van der Waals surface area contributed by atoms with E-state index in [4.69, 9.17) is 19.9 Å². The lowest BCUT2D eigenvalue weighted by atomic mass is 10.0. The Morgan fingerprint density at radius 3 is 3.00 bits per heavy atom. The number of para-hydroxylation sites is 1. The molecule has 0 bridgehead atoms. The molecule has 0 aliphatic carbocycles. The third-order valence-corrected chi connectivity index (χ3v) is 3.23. The Kier molecular flexibility index (Phi) is 9.17. The molecule has 22 heavy (non-hydrogen) atoms. The monoisotopic (exact) mass is 421 g/mol. The van der Waals surface area contributed by atoms with Gasteiger partial charge in [-0.2, -0.15) is 0 Å². The molecule has 1 aromatic carbocycles. The molecule has 0 saturated heterocycles. The summed E-state index contributed by atoms with van der Waals surface area (Å²) in [6.07, 6.45) is 0.873. The zero-order chi connectivity index (χ0) is 14.9. The van der Waals surface area contributed by atoms with E-state index in [1.54, 1.807) is 7.11 Å². The molecular formula is C15H24IN3O3. The van der Waals surface area contributed by atoms with Crippen LogP contribution >= 0.6 is 24.0 Å². The van der Waals surface area contributed by atoms with Crippen LogP contribution in [0.1, 0.15) is 18.0 Å². The van der Waals surface area contributed by atoms with Gasteiger partial charge in [0.25, 0.3) is 0 Å². The number of fused-ring (bicyclic) bond motifs is 1. The standard InChI is InChI=1S/C15H23N3O3.HI/c1-19-10-11-20-9-7-17-15(16)18-13-6-8-21-14-5-3-2-4-12(13)14;/h2-5,13H,6-11H2,1H3,(H3,16,17,18);1H. The van der Waals surface area contributed by atoms with Gasteiger partial charge in [-0.05, 0) is 6.07 Å². The van der Waals surface area contributed by atoms with E-state index >= 15 is 0 Å². The first-order chi connectivity index (χ1) is 10.3. The minimum atomic E-state index is 0. The molecule has 1 aliphatic heterocycles. The Morgan fingerprint density at radius 2 is 2.18 bits per heavy atom. The van der Waals surface area contributed by atoms with Crippen molar-refractivity contribution >= 4 is 29.9 Å². The topological polar surface area (TPSA) is 78.1 Å². The van der Waals surface area contributed by atoms with Crippen molar-refractivity contribution in [1.82, 2.24) is 5.32 Å². The van der Waals surface area contributed by atoms with E-state index in [0.717, 1.165) is 17.7 Å². The van der Waals surface area contributed by atoms with Crippen LogP contribution < -0.4 is 15.8 Å². The van der Waals surface area contributed by atoms with Gasteiger partial charge in [0.05, 0.1) is 39.0 Å². The molecule has 1 aromatic rings. The second-order valence-electron chi connectivity index (χ2n) is 4.74. The molecule has 0 saturated carbocycles. The Hall–Kier alpha value is -1.06. The highest BCUT2D eigenvalue weighted by atomic mass is 127. The molecule has 6 nitrogen and oxygen atoms in total. The van der Waals surface area contributed by atoms with E-state index < -0.39 is 0 Å². The minimum absolute atomic E-state index is 0. The fraction of sp³-hybridized carbons (Fsp3) is 0.533. The van der Waals surface area contributed by atoms with Crippen molar-refractivity contribution in [3.8, 4) is 5.75 Å². The number of nitrogens with two attached hydrogens (primary N) is 1. The number of benzene rings is 1. The summed E-state index contributed by atoms with van der Waals surface area (Å²) in [5.74, 6) is 1.35. The lowest BCUT2D eigenvalue weighted by Crippen LogP contribution is -2.37. The molecule has 1 aliphatic rings. The number of aliphatic imine (C=N–C) groups is 1. The summed E-state index contributed by atoms with van der Waals surface area (Å²) >= 11 is 0. The Morgan fingerprint density at radius 1 is 1.36 bits per heavy atom. The third kappa shape index (κ3) is 5.98. The van der Waals surface area contributed by atoms with E-state index in [-0.39, 0.29) is 30.0 Å². The van der Waals surface area contributed by atoms with Gasteiger partial charge in [0.2, 0.25) is 0 Å². The molecule has 1 heterocycles. The summed E-state index contributed by atoms with van der Waals surface area (Å²) in [5, 5.41) is 3.24. The zero-order valence-corrected chi connectivity index (χ0v) is 15.1. The van der Waals surface area contributed by atoms with Crippen LogP contribution in [0.15, 0.2) is 29.3 Å². The van der Waals surface area contributed by atoms with E-state index in [1.807, 2.05) is 24.3 Å². The molecule has 0 spiro atoms. The SMILES string of the molecule is COCCOCCN=C(N)NC1CCOc2ccccc21.I. The summed E-state index contributed by atoms with van der Waals surface area (Å²) in [6, 6.07) is 8.14. The van der Waals surface area contributed by atoms with Crippen LogP contribution in [-0.4, -0.2) is 46.0 Å². The molecule has 124 valence electrons. The van der Waals surface area contributed by atoms with Crippen molar-refractivity contribution in [2.24, 2.45) is 10.7 Å². The lowest BCUT2D eigenvalue weighted by Gasteiger charge is -2.26. The van der Waals surface area contributed by atoms with Gasteiger partial charge < -0.3 is 25.3 Å². The number of nitrogens with zero attached hydrogens (tertiary/aromatic N) is 1. The highest BCUT2D eigenvalue weighted by molar-refractivity contribution is 14.0. The number of nitrogens with one attached hydrogen (secondary N) is 1. The molecule has 0 amide bonds. The minimum Gasteiger partial charge on any atom is -0.493 e. The molecular weight excluding hydrogens is 397 g/mol. The normalized spacial score (nSPS) is 17.1.